The summed E-state index contributed by atoms with van der Waals surface area (Å²) in [5.41, 5.74) is 10.0. The Morgan fingerprint density at radius 1 is 1.42 bits per heavy atom. The van der Waals surface area contributed by atoms with Gasteiger partial charge in [0, 0.05) is 12.5 Å². The van der Waals surface area contributed by atoms with Crippen LogP contribution in [0, 0.1) is 0 Å². The largest absolute Gasteiger partial charge is 0.479 e. The molecular formula is C6H12N2O4. The van der Waals surface area contributed by atoms with Crippen molar-refractivity contribution in [1.29, 1.82) is 0 Å². The molecule has 6 heteroatoms. The molecule has 6 N–H and O–H groups in total. The van der Waals surface area contributed by atoms with Gasteiger partial charge in [-0.1, -0.05) is 0 Å². The van der Waals surface area contributed by atoms with Crippen LogP contribution in [0.1, 0.15) is 12.8 Å². The molecule has 12 heavy (non-hydrogen) atoms. The quantitative estimate of drug-likeness (QED) is 0.386. The molecule has 0 radical (unpaired) electrons. The van der Waals surface area contributed by atoms with Crippen molar-refractivity contribution in [3.63, 3.8) is 0 Å². The fraction of sp³-hybridized carbons (Fsp3) is 0.667. The molecule has 0 aliphatic rings. The second-order valence-corrected chi connectivity index (χ2v) is 2.45. The van der Waals surface area contributed by atoms with Gasteiger partial charge in [-0.3, -0.25) is 4.79 Å². The molecule has 0 fully saturated rings. The number of aliphatic hydroxyl groups is 1. The van der Waals surface area contributed by atoms with Crippen molar-refractivity contribution >= 4 is 11.9 Å². The van der Waals surface area contributed by atoms with Crippen molar-refractivity contribution in [2.45, 2.75) is 25.0 Å². The molecule has 1 unspecified atom stereocenters. The molecule has 0 aliphatic heterocycles. The van der Waals surface area contributed by atoms with Crippen LogP contribution in [-0.4, -0.2) is 34.2 Å². The van der Waals surface area contributed by atoms with E-state index in [2.05, 4.69) is 0 Å². The lowest BCUT2D eigenvalue weighted by Gasteiger charge is -2.13. The fourth-order valence-corrected chi connectivity index (χ4v) is 0.650. The number of carboxylic acids is 1. The molecule has 0 saturated carbocycles. The molecular weight excluding hydrogens is 164 g/mol. The van der Waals surface area contributed by atoms with E-state index in [4.69, 9.17) is 21.7 Å². The van der Waals surface area contributed by atoms with E-state index in [1.165, 1.54) is 0 Å². The van der Waals surface area contributed by atoms with Crippen molar-refractivity contribution in [1.82, 2.24) is 0 Å². The van der Waals surface area contributed by atoms with E-state index < -0.39 is 24.0 Å². The Morgan fingerprint density at radius 3 is 2.25 bits per heavy atom. The van der Waals surface area contributed by atoms with E-state index in [-0.39, 0.29) is 12.8 Å². The monoisotopic (exact) mass is 176 g/mol. The summed E-state index contributed by atoms with van der Waals surface area (Å²) in [7, 11) is 0. The SMILES string of the molecule is NC(=O)CC[C@H](N)C(O)C(=O)O. The standard InChI is InChI=1S/C6H12N2O4/c7-3(1-2-4(8)9)5(10)6(11)12/h3,5,10H,1-2,7H2,(H2,8,9)(H,11,12)/t3-,5?/m0/s1. The minimum Gasteiger partial charge on any atom is -0.479 e. The van der Waals surface area contributed by atoms with Gasteiger partial charge in [-0.2, -0.15) is 0 Å². The zero-order chi connectivity index (χ0) is 9.72. The summed E-state index contributed by atoms with van der Waals surface area (Å²) in [6.07, 6.45) is -1.58. The van der Waals surface area contributed by atoms with E-state index in [1.54, 1.807) is 0 Å². The zero-order valence-electron chi connectivity index (χ0n) is 6.43. The predicted molar refractivity (Wildman–Crippen MR) is 40.0 cm³/mol. The van der Waals surface area contributed by atoms with Crippen molar-refractivity contribution in [2.24, 2.45) is 11.5 Å². The molecule has 0 aromatic rings. The second kappa shape index (κ2) is 4.68. The summed E-state index contributed by atoms with van der Waals surface area (Å²) in [6.45, 7) is 0. The molecule has 0 spiro atoms. The summed E-state index contributed by atoms with van der Waals surface area (Å²) in [5.74, 6) is -1.96. The van der Waals surface area contributed by atoms with Gasteiger partial charge in [0.05, 0.1) is 0 Å². The van der Waals surface area contributed by atoms with Gasteiger partial charge in [0.2, 0.25) is 5.91 Å². The molecule has 6 nitrogen and oxygen atoms in total. The lowest BCUT2D eigenvalue weighted by Crippen LogP contribution is -2.40. The molecule has 0 aliphatic carbocycles. The number of carbonyl (C=O) groups is 2. The van der Waals surface area contributed by atoms with E-state index in [0.717, 1.165) is 0 Å². The van der Waals surface area contributed by atoms with Gasteiger partial charge < -0.3 is 21.7 Å². The first-order valence-electron chi connectivity index (χ1n) is 3.40. The highest BCUT2D eigenvalue weighted by Gasteiger charge is 2.21. The Bertz CT molecular complexity index is 182. The van der Waals surface area contributed by atoms with E-state index in [0.29, 0.717) is 0 Å². The average Bonchev–Trinajstić information content (AvgIpc) is 1.98. The number of aliphatic hydroxyl groups excluding tert-OH is 1. The van der Waals surface area contributed by atoms with E-state index >= 15 is 0 Å². The summed E-state index contributed by atoms with van der Waals surface area (Å²) in [5, 5.41) is 17.1. The Hall–Kier alpha value is -1.14. The summed E-state index contributed by atoms with van der Waals surface area (Å²) in [6, 6.07) is -0.949. The molecule has 0 heterocycles. The minimum absolute atomic E-state index is 0.0223. The third kappa shape index (κ3) is 3.89. The summed E-state index contributed by atoms with van der Waals surface area (Å²) >= 11 is 0. The minimum atomic E-state index is -1.63. The van der Waals surface area contributed by atoms with Crippen LogP contribution in [0.4, 0.5) is 0 Å². The van der Waals surface area contributed by atoms with Gasteiger partial charge in [0.15, 0.2) is 6.10 Å². The number of aliphatic carboxylic acids is 1. The molecule has 0 saturated heterocycles. The highest BCUT2D eigenvalue weighted by atomic mass is 16.4. The van der Waals surface area contributed by atoms with Crippen molar-refractivity contribution in [3.05, 3.63) is 0 Å². The number of rotatable bonds is 5. The molecule has 0 aromatic heterocycles. The van der Waals surface area contributed by atoms with Crippen LogP contribution in [0.25, 0.3) is 0 Å². The second-order valence-electron chi connectivity index (χ2n) is 2.45. The van der Waals surface area contributed by atoms with Crippen molar-refractivity contribution in [3.8, 4) is 0 Å². The highest BCUT2D eigenvalue weighted by molar-refractivity contribution is 5.75. The van der Waals surface area contributed by atoms with Gasteiger partial charge in [-0.25, -0.2) is 4.79 Å². The first-order valence-corrected chi connectivity index (χ1v) is 3.40. The van der Waals surface area contributed by atoms with Crippen LogP contribution in [0.5, 0.6) is 0 Å². The van der Waals surface area contributed by atoms with Crippen LogP contribution in [-0.2, 0) is 9.59 Å². The number of hydrogen-bond acceptors (Lipinski definition) is 4. The molecule has 1 amide bonds. The summed E-state index contributed by atoms with van der Waals surface area (Å²) in [4.78, 5) is 20.4. The predicted octanol–water partition coefficient (Wildman–Crippen LogP) is -1.98. The first kappa shape index (κ1) is 10.9. The molecule has 70 valence electrons. The number of carboxylic acid groups (broad SMARTS) is 1. The number of nitrogens with two attached hydrogens (primary N) is 2. The topological polar surface area (TPSA) is 127 Å². The van der Waals surface area contributed by atoms with Crippen LogP contribution >= 0.6 is 0 Å². The van der Waals surface area contributed by atoms with Gasteiger partial charge >= 0.3 is 5.97 Å². The van der Waals surface area contributed by atoms with Crippen molar-refractivity contribution in [2.75, 3.05) is 0 Å². The fourth-order valence-electron chi connectivity index (χ4n) is 0.650. The number of carbonyl (C=O) groups excluding carboxylic acids is 1. The van der Waals surface area contributed by atoms with Crippen LogP contribution in [0.2, 0.25) is 0 Å². The van der Waals surface area contributed by atoms with Crippen LogP contribution < -0.4 is 11.5 Å². The van der Waals surface area contributed by atoms with Crippen LogP contribution in [0.15, 0.2) is 0 Å². The van der Waals surface area contributed by atoms with Gasteiger partial charge in [0.1, 0.15) is 0 Å². The maximum absolute atomic E-state index is 10.2. The third-order valence-electron chi connectivity index (χ3n) is 1.38. The molecule has 0 bridgehead atoms. The Kier molecular flexibility index (Phi) is 4.24. The third-order valence-corrected chi connectivity index (χ3v) is 1.38. The normalized spacial score (nSPS) is 15.2. The lowest BCUT2D eigenvalue weighted by molar-refractivity contribution is -0.147. The van der Waals surface area contributed by atoms with Gasteiger partial charge in [-0.05, 0) is 6.42 Å². The Morgan fingerprint density at radius 2 is 1.92 bits per heavy atom. The maximum Gasteiger partial charge on any atom is 0.334 e. The van der Waals surface area contributed by atoms with Crippen LogP contribution in [0.3, 0.4) is 0 Å². The molecule has 2 atom stereocenters. The first-order chi connectivity index (χ1) is 5.45. The van der Waals surface area contributed by atoms with Gasteiger partial charge in [0.25, 0.3) is 0 Å². The number of amides is 1. The molecule has 0 aromatic carbocycles. The van der Waals surface area contributed by atoms with E-state index in [9.17, 15) is 9.59 Å². The van der Waals surface area contributed by atoms with Gasteiger partial charge in [-0.15, -0.1) is 0 Å². The van der Waals surface area contributed by atoms with Crippen molar-refractivity contribution < 1.29 is 19.8 Å². The zero-order valence-corrected chi connectivity index (χ0v) is 6.43. The Balaban J connectivity index is 3.79. The maximum atomic E-state index is 10.2. The molecule has 0 rings (SSSR count). The van der Waals surface area contributed by atoms with E-state index in [1.807, 2.05) is 0 Å². The lowest BCUT2D eigenvalue weighted by atomic mass is 10.1. The Labute approximate surface area is 69.2 Å². The number of hydrogen-bond donors (Lipinski definition) is 4. The summed E-state index contributed by atoms with van der Waals surface area (Å²) < 4.78 is 0. The number of primary amides is 1. The average molecular weight is 176 g/mol. The highest BCUT2D eigenvalue weighted by Crippen LogP contribution is 1.99. The smallest absolute Gasteiger partial charge is 0.334 e.